The minimum Gasteiger partial charge on any atom is -0.489 e. The molecule has 0 saturated carbocycles. The highest BCUT2D eigenvalue weighted by atomic mass is 16.5. The molecule has 0 radical (unpaired) electrons. The minimum absolute atomic E-state index is 0.624. The van der Waals surface area contributed by atoms with Gasteiger partial charge in [0, 0.05) is 117 Å². The summed E-state index contributed by atoms with van der Waals surface area (Å²) in [6, 6.07) is 38.8. The molecule has 0 bridgehead atoms. The number of ether oxygens (including phenoxy) is 4. The number of hydrogen-bond donors (Lipinski definition) is 0. The van der Waals surface area contributed by atoms with E-state index >= 15 is 0 Å². The lowest BCUT2D eigenvalue weighted by Crippen LogP contribution is -2.30. The molecule has 2 aliphatic carbocycles. The largest absolute Gasteiger partial charge is 0.489 e. The van der Waals surface area contributed by atoms with E-state index in [1.165, 1.54) is 154 Å². The normalized spacial score (nSPS) is 11.9. The lowest BCUT2D eigenvalue weighted by Gasteiger charge is -2.21. The van der Waals surface area contributed by atoms with Crippen LogP contribution >= 0.6 is 0 Å². The molecule has 0 unspecified atom stereocenters. The van der Waals surface area contributed by atoms with Crippen molar-refractivity contribution in [2.75, 3.05) is 26.4 Å². The Labute approximate surface area is 637 Å². The van der Waals surface area contributed by atoms with Gasteiger partial charge in [-0.25, -0.2) is 0 Å². The summed E-state index contributed by atoms with van der Waals surface area (Å²) in [5.41, 5.74) is 56.0. The van der Waals surface area contributed by atoms with E-state index in [4.69, 9.17) is 18.9 Å². The summed E-state index contributed by atoms with van der Waals surface area (Å²) >= 11 is 0. The van der Waals surface area contributed by atoms with Crippen LogP contribution in [0.5, 0.6) is 23.0 Å². The van der Waals surface area contributed by atoms with Gasteiger partial charge < -0.3 is 18.9 Å². The molecule has 0 heterocycles. The van der Waals surface area contributed by atoms with Gasteiger partial charge in [0.2, 0.25) is 0 Å². The molecule has 4 heteroatoms. The van der Waals surface area contributed by atoms with Gasteiger partial charge >= 0.3 is 0 Å². The zero-order valence-corrected chi connectivity index (χ0v) is 64.5. The molecule has 0 spiro atoms. The van der Waals surface area contributed by atoms with Crippen molar-refractivity contribution >= 4 is 143 Å². The molecule has 0 aliphatic heterocycles. The summed E-state index contributed by atoms with van der Waals surface area (Å²) in [5.74, 6) is 3.27. The third-order valence-electron chi connectivity index (χ3n) is 22.4. The molecule has 108 heavy (non-hydrogen) atoms. The van der Waals surface area contributed by atoms with Gasteiger partial charge in [0.1, 0.15) is 0 Å². The molecule has 4 nitrogen and oxygen atoms in total. The molecule has 14 rings (SSSR count). The molecule has 0 fully saturated rings. The van der Waals surface area contributed by atoms with Crippen LogP contribution in [-0.4, -0.2) is 26.4 Å². The topological polar surface area (TPSA) is 36.9 Å². The number of unbranched alkanes of at least 4 members (excludes halogenated alkanes) is 28. The van der Waals surface area contributed by atoms with Crippen molar-refractivity contribution in [3.8, 4) is 23.0 Å². The van der Waals surface area contributed by atoms with E-state index in [1.807, 2.05) is 0 Å². The van der Waals surface area contributed by atoms with Gasteiger partial charge in [-0.05, 0) is 93.1 Å². The second-order valence-electron chi connectivity index (χ2n) is 30.0. The molecule has 12 aromatic rings. The first-order valence-corrected chi connectivity index (χ1v) is 41.5. The molecule has 0 amide bonds. The van der Waals surface area contributed by atoms with Crippen LogP contribution in [0.4, 0.5) is 0 Å². The maximum atomic E-state index is 7.00. The van der Waals surface area contributed by atoms with Crippen molar-refractivity contribution in [2.45, 2.75) is 233 Å². The van der Waals surface area contributed by atoms with E-state index in [2.05, 4.69) is 229 Å². The summed E-state index contributed by atoms with van der Waals surface area (Å²) in [7, 11) is 0. The van der Waals surface area contributed by atoms with E-state index in [0.717, 1.165) is 213 Å². The van der Waals surface area contributed by atoms with E-state index in [0.29, 0.717) is 26.4 Å². The van der Waals surface area contributed by atoms with Crippen molar-refractivity contribution < 1.29 is 18.9 Å². The van der Waals surface area contributed by atoms with Crippen molar-refractivity contribution in [3.05, 3.63) is 197 Å². The summed E-state index contributed by atoms with van der Waals surface area (Å²) in [6.07, 6.45) is 39.4. The fourth-order valence-corrected chi connectivity index (χ4v) is 16.9. The SMILES string of the molecule is CCCCCCCCCCOc1c(OCCCCCCCCCC)c2cccc3c4c(c5cccc1c5c23)=C=C=C=C=c1c(c2cccc3c5c(c6cccc1c6c23)=C=C=C=C=c1c(c2cccc3c(OCCCCCCCCCC)c(OCCCCCCCCCC)c6cccc1c6c32)=C=C=C=C=5)=C=C=C=C=4. The van der Waals surface area contributed by atoms with Gasteiger partial charge in [0.25, 0.3) is 0 Å². The average Bonchev–Trinajstić information content (AvgIpc) is 0.724. The molecule has 0 saturated heterocycles. The molecule has 542 valence electrons. The first kappa shape index (κ1) is 74.3. The summed E-state index contributed by atoms with van der Waals surface area (Å²) in [4.78, 5) is 0. The van der Waals surface area contributed by atoms with Crippen LogP contribution in [0.2, 0.25) is 0 Å². The van der Waals surface area contributed by atoms with Crippen LogP contribution in [-0.2, 0) is 0 Å². The number of rotatable bonds is 40. The molecular weight excluding hydrogens is 1310 g/mol. The number of hydrogen-bond acceptors (Lipinski definition) is 4. The van der Waals surface area contributed by atoms with Crippen molar-refractivity contribution in [1.82, 2.24) is 0 Å². The highest BCUT2D eigenvalue weighted by Gasteiger charge is 2.25. The summed E-state index contributed by atoms with van der Waals surface area (Å²) in [5, 5.41) is 24.9. The van der Waals surface area contributed by atoms with Gasteiger partial charge in [0.05, 0.1) is 26.4 Å². The Morgan fingerprint density at radius 1 is 0.176 bits per heavy atom. The second kappa shape index (κ2) is 37.3. The Kier molecular flexibility index (Phi) is 25.7. The fraction of sp³-hybridized carbons (Fsp3) is 0.385. The van der Waals surface area contributed by atoms with Crippen molar-refractivity contribution in [3.63, 3.8) is 0 Å². The first-order valence-electron chi connectivity index (χ1n) is 41.5. The standard InChI is InChI=1S/C104H102O4/c1-5-9-13-17-21-25-29-41-71-105-101-91-67-47-63-87-79-55-37-33-51-75-76(52-34-38-56-80(79)88-64-48-68-92(98(88)97(87)91)102(101)106-72-42-30-26-22-18-14-10-6-2)84-60-46-62-86-78-54-36-40-58-82-81(57-39-35-53-77(78)85-61-45-59-83(75)95(85)96(84)86)89-65-49-69-93-99(89)100-90(82)66-50-70-94(100)104(108-74-44-32-28-24-20-16-12-8-4)103(93)107-73-43-31-27-23-19-15-11-7-3/h45-50,59-70H,5-32,41-44,71-74H2,1-4H3. The minimum atomic E-state index is 0.624. The Hall–Kier alpha value is -10.6. The van der Waals surface area contributed by atoms with Gasteiger partial charge in [-0.3, -0.25) is 0 Å². The van der Waals surface area contributed by atoms with Crippen LogP contribution in [0.15, 0.2) is 155 Å². The summed E-state index contributed by atoms with van der Waals surface area (Å²) in [6.45, 7) is 11.6. The Bertz CT molecular complexity index is 5650. The van der Waals surface area contributed by atoms with Gasteiger partial charge in [-0.1, -0.05) is 363 Å². The fourth-order valence-electron chi connectivity index (χ4n) is 16.9. The second-order valence-corrected chi connectivity index (χ2v) is 30.0. The zero-order valence-electron chi connectivity index (χ0n) is 64.5. The third-order valence-corrected chi connectivity index (χ3v) is 22.4. The predicted molar refractivity (Wildman–Crippen MR) is 455 cm³/mol. The molecule has 0 N–H and O–H groups in total. The molecule has 12 aromatic carbocycles. The van der Waals surface area contributed by atoms with Gasteiger partial charge in [0.15, 0.2) is 23.0 Å². The van der Waals surface area contributed by atoms with E-state index < -0.39 is 0 Å². The monoisotopic (exact) mass is 1410 g/mol. The quantitative estimate of drug-likeness (QED) is 0.0218. The van der Waals surface area contributed by atoms with Crippen LogP contribution < -0.4 is 60.7 Å². The molecular formula is C104H102O4. The number of benzene rings is 12. The lowest BCUT2D eigenvalue weighted by molar-refractivity contribution is 0.263. The van der Waals surface area contributed by atoms with E-state index in [-0.39, 0.29) is 0 Å². The highest BCUT2D eigenvalue weighted by Crippen LogP contribution is 2.48. The first-order chi connectivity index (χ1) is 53.6. The Morgan fingerprint density at radius 3 is 0.481 bits per heavy atom. The van der Waals surface area contributed by atoms with Crippen LogP contribution in [0, 0.1) is 0 Å². The van der Waals surface area contributed by atoms with Crippen molar-refractivity contribution in [2.24, 2.45) is 0 Å². The maximum absolute atomic E-state index is 7.00. The third kappa shape index (κ3) is 16.2. The van der Waals surface area contributed by atoms with Crippen molar-refractivity contribution in [1.29, 1.82) is 0 Å². The van der Waals surface area contributed by atoms with Gasteiger partial charge in [-0.2, -0.15) is 0 Å². The average molecular weight is 1420 g/mol. The maximum Gasteiger partial charge on any atom is 0.169 e. The molecule has 2 aliphatic rings. The highest BCUT2D eigenvalue weighted by molar-refractivity contribution is 6.28. The Balaban J connectivity index is 0.931. The molecule has 0 aromatic heterocycles. The summed E-state index contributed by atoms with van der Waals surface area (Å²) < 4.78 is 28.0. The van der Waals surface area contributed by atoms with E-state index in [1.54, 1.807) is 0 Å². The van der Waals surface area contributed by atoms with Crippen LogP contribution in [0.1, 0.15) is 233 Å². The van der Waals surface area contributed by atoms with Gasteiger partial charge in [-0.15, -0.1) is 0 Å². The zero-order chi connectivity index (χ0) is 73.6. The predicted octanol–water partition coefficient (Wildman–Crippen LogP) is 22.4. The smallest absolute Gasteiger partial charge is 0.169 e. The van der Waals surface area contributed by atoms with Crippen LogP contribution in [0.25, 0.3) is 143 Å². The van der Waals surface area contributed by atoms with E-state index in [9.17, 15) is 0 Å². The number of fused-ring (bicyclic) bond motifs is 12. The molecule has 0 atom stereocenters. The Morgan fingerprint density at radius 2 is 0.315 bits per heavy atom. The van der Waals surface area contributed by atoms with Crippen LogP contribution in [0.3, 0.4) is 0 Å². The lowest BCUT2D eigenvalue weighted by atomic mass is 9.89.